The van der Waals surface area contributed by atoms with Crippen molar-refractivity contribution in [3.63, 3.8) is 0 Å². The SMILES string of the molecule is Cc1cccc(-n2c3ccccc3c3cc(-c4ccc5c(c4)c4ccccc4n5-c4ccc(-c5cccc(-c6ccccc6)c5)cc4)ccc32)c1. The van der Waals surface area contributed by atoms with Crippen molar-refractivity contribution in [1.29, 1.82) is 0 Å². The van der Waals surface area contributed by atoms with Gasteiger partial charge in [-0.15, -0.1) is 0 Å². The second-order valence-electron chi connectivity index (χ2n) is 13.5. The molecule has 0 radical (unpaired) electrons. The van der Waals surface area contributed by atoms with Crippen LogP contribution in [0.2, 0.25) is 0 Å². The van der Waals surface area contributed by atoms with Gasteiger partial charge < -0.3 is 9.13 Å². The summed E-state index contributed by atoms with van der Waals surface area (Å²) in [4.78, 5) is 0. The van der Waals surface area contributed by atoms with Gasteiger partial charge in [0, 0.05) is 32.9 Å². The molecule has 10 aromatic rings. The fraction of sp³-hybridized carbons (Fsp3) is 0.0204. The molecule has 8 aromatic carbocycles. The highest BCUT2D eigenvalue weighted by atomic mass is 15.0. The predicted octanol–water partition coefficient (Wildman–Crippen LogP) is 13.2. The number of rotatable bonds is 5. The Morgan fingerprint density at radius 1 is 0.275 bits per heavy atom. The normalized spacial score (nSPS) is 11.6. The number of nitrogens with zero attached hydrogens (tertiary/aromatic N) is 2. The van der Waals surface area contributed by atoms with Crippen LogP contribution in [-0.4, -0.2) is 9.13 Å². The highest BCUT2D eigenvalue weighted by Crippen LogP contribution is 2.38. The molecule has 0 aliphatic carbocycles. The van der Waals surface area contributed by atoms with Gasteiger partial charge in [0.2, 0.25) is 0 Å². The number of aromatic nitrogens is 2. The topological polar surface area (TPSA) is 9.86 Å². The average molecular weight is 651 g/mol. The van der Waals surface area contributed by atoms with Gasteiger partial charge in [-0.25, -0.2) is 0 Å². The maximum Gasteiger partial charge on any atom is 0.0541 e. The van der Waals surface area contributed by atoms with Crippen molar-refractivity contribution < 1.29 is 0 Å². The lowest BCUT2D eigenvalue weighted by Crippen LogP contribution is -1.94. The lowest BCUT2D eigenvalue weighted by molar-refractivity contribution is 1.17. The van der Waals surface area contributed by atoms with E-state index in [1.807, 2.05) is 0 Å². The first-order valence-corrected chi connectivity index (χ1v) is 17.6. The zero-order chi connectivity index (χ0) is 33.9. The summed E-state index contributed by atoms with van der Waals surface area (Å²) < 4.78 is 4.79. The Kier molecular flexibility index (Phi) is 6.75. The largest absolute Gasteiger partial charge is 0.309 e. The van der Waals surface area contributed by atoms with Gasteiger partial charge in [-0.1, -0.05) is 121 Å². The molecule has 0 saturated heterocycles. The van der Waals surface area contributed by atoms with Crippen LogP contribution in [0.4, 0.5) is 0 Å². The number of benzene rings is 8. The molecule has 0 amide bonds. The molecule has 51 heavy (non-hydrogen) atoms. The molecule has 2 heteroatoms. The van der Waals surface area contributed by atoms with E-state index >= 15 is 0 Å². The van der Waals surface area contributed by atoms with E-state index in [0.29, 0.717) is 0 Å². The second-order valence-corrected chi connectivity index (χ2v) is 13.5. The van der Waals surface area contributed by atoms with Crippen molar-refractivity contribution in [3.05, 3.63) is 194 Å². The summed E-state index contributed by atoms with van der Waals surface area (Å²) in [5, 5.41) is 5.04. The summed E-state index contributed by atoms with van der Waals surface area (Å²) in [5.74, 6) is 0. The Morgan fingerprint density at radius 3 is 1.33 bits per heavy atom. The Bertz CT molecular complexity index is 2910. The molecule has 0 fully saturated rings. The van der Waals surface area contributed by atoms with Crippen LogP contribution in [0.15, 0.2) is 188 Å². The van der Waals surface area contributed by atoms with E-state index in [0.717, 1.165) is 5.69 Å². The third kappa shape index (κ3) is 4.87. The van der Waals surface area contributed by atoms with Crippen LogP contribution in [0.1, 0.15) is 5.56 Å². The van der Waals surface area contributed by atoms with Gasteiger partial charge in [0.05, 0.1) is 22.1 Å². The third-order valence-electron chi connectivity index (χ3n) is 10.4. The molecule has 0 bridgehead atoms. The second kappa shape index (κ2) is 11.8. The number of aryl methyl sites for hydroxylation is 1. The zero-order valence-corrected chi connectivity index (χ0v) is 28.3. The summed E-state index contributed by atoms with van der Waals surface area (Å²) in [7, 11) is 0. The van der Waals surface area contributed by atoms with Gasteiger partial charge in [-0.2, -0.15) is 0 Å². The molecule has 2 nitrogen and oxygen atoms in total. The van der Waals surface area contributed by atoms with Crippen LogP contribution >= 0.6 is 0 Å². The summed E-state index contributed by atoms with van der Waals surface area (Å²) in [6, 6.07) is 68.6. The van der Waals surface area contributed by atoms with Crippen LogP contribution in [0, 0.1) is 6.92 Å². The van der Waals surface area contributed by atoms with Crippen molar-refractivity contribution in [3.8, 4) is 44.8 Å². The lowest BCUT2D eigenvalue weighted by Gasteiger charge is -2.11. The fourth-order valence-electron chi connectivity index (χ4n) is 7.94. The molecule has 0 unspecified atom stereocenters. The van der Waals surface area contributed by atoms with Gasteiger partial charge in [0.25, 0.3) is 0 Å². The average Bonchev–Trinajstić information content (AvgIpc) is 3.70. The van der Waals surface area contributed by atoms with E-state index < -0.39 is 0 Å². The molecule has 0 N–H and O–H groups in total. The minimum absolute atomic E-state index is 1.15. The van der Waals surface area contributed by atoms with Crippen molar-refractivity contribution in [1.82, 2.24) is 9.13 Å². The first-order valence-electron chi connectivity index (χ1n) is 17.6. The maximum atomic E-state index is 2.40. The minimum atomic E-state index is 1.15. The summed E-state index contributed by atoms with van der Waals surface area (Å²) in [6.07, 6.45) is 0. The standard InChI is InChI=1S/C49H34N2/c1-33-11-9-16-41(29-33)51-47-20-8-6-18-43(47)45-32-39(24-28-49(45)51)38-23-27-48-44(31-38)42-17-5-7-19-46(42)50(48)40-25-21-35(22-26-40)37-15-10-14-36(30-37)34-12-3-2-4-13-34/h2-32H,1H3. The highest BCUT2D eigenvalue weighted by Gasteiger charge is 2.16. The third-order valence-corrected chi connectivity index (χ3v) is 10.4. The van der Waals surface area contributed by atoms with E-state index in [9.17, 15) is 0 Å². The summed E-state index contributed by atoms with van der Waals surface area (Å²) in [5.41, 5.74) is 15.8. The smallest absolute Gasteiger partial charge is 0.0541 e. The maximum absolute atomic E-state index is 2.40. The van der Waals surface area contributed by atoms with Gasteiger partial charge in [-0.05, 0) is 113 Å². The summed E-state index contributed by atoms with van der Waals surface area (Å²) in [6.45, 7) is 2.16. The first kappa shape index (κ1) is 29.3. The lowest BCUT2D eigenvalue weighted by atomic mass is 9.99. The van der Waals surface area contributed by atoms with E-state index in [2.05, 4.69) is 204 Å². The van der Waals surface area contributed by atoms with Gasteiger partial charge in [0.1, 0.15) is 0 Å². The molecule has 240 valence electrons. The number of fused-ring (bicyclic) bond motifs is 6. The van der Waals surface area contributed by atoms with Gasteiger partial charge >= 0.3 is 0 Å². The van der Waals surface area contributed by atoms with Crippen molar-refractivity contribution in [2.75, 3.05) is 0 Å². The number of para-hydroxylation sites is 2. The fourth-order valence-corrected chi connectivity index (χ4v) is 7.94. The monoisotopic (exact) mass is 650 g/mol. The molecular weight excluding hydrogens is 617 g/mol. The molecule has 0 atom stereocenters. The van der Waals surface area contributed by atoms with Crippen LogP contribution in [-0.2, 0) is 0 Å². The predicted molar refractivity (Wildman–Crippen MR) is 216 cm³/mol. The van der Waals surface area contributed by atoms with Crippen LogP contribution in [0.3, 0.4) is 0 Å². The van der Waals surface area contributed by atoms with Crippen LogP contribution < -0.4 is 0 Å². The molecule has 2 heterocycles. The van der Waals surface area contributed by atoms with Crippen molar-refractivity contribution in [2.45, 2.75) is 6.92 Å². The summed E-state index contributed by atoms with van der Waals surface area (Å²) >= 11 is 0. The zero-order valence-electron chi connectivity index (χ0n) is 28.3. The van der Waals surface area contributed by atoms with Crippen molar-refractivity contribution in [2.24, 2.45) is 0 Å². The van der Waals surface area contributed by atoms with Crippen LogP contribution in [0.5, 0.6) is 0 Å². The highest BCUT2D eigenvalue weighted by molar-refractivity contribution is 6.12. The first-order chi connectivity index (χ1) is 25.2. The molecule has 0 aliphatic heterocycles. The number of hydrogen-bond acceptors (Lipinski definition) is 0. The van der Waals surface area contributed by atoms with E-state index in [4.69, 9.17) is 0 Å². The Morgan fingerprint density at radius 2 is 0.725 bits per heavy atom. The molecule has 0 spiro atoms. The number of hydrogen-bond donors (Lipinski definition) is 0. The van der Waals surface area contributed by atoms with Gasteiger partial charge in [0.15, 0.2) is 0 Å². The molecule has 0 aliphatic rings. The molecule has 0 saturated carbocycles. The Labute approximate surface area is 297 Å². The van der Waals surface area contributed by atoms with E-state index in [-0.39, 0.29) is 0 Å². The Hall–Kier alpha value is -6.64. The van der Waals surface area contributed by atoms with Crippen LogP contribution in [0.25, 0.3) is 88.4 Å². The quantitative estimate of drug-likeness (QED) is 0.175. The molecular formula is C49H34N2. The molecule has 10 rings (SSSR count). The minimum Gasteiger partial charge on any atom is -0.309 e. The Balaban J connectivity index is 1.07. The van der Waals surface area contributed by atoms with E-state index in [1.54, 1.807) is 0 Å². The van der Waals surface area contributed by atoms with Crippen molar-refractivity contribution >= 4 is 43.6 Å². The molecule has 2 aromatic heterocycles. The van der Waals surface area contributed by atoms with E-state index in [1.165, 1.54) is 88.2 Å². The van der Waals surface area contributed by atoms with Gasteiger partial charge in [-0.3, -0.25) is 0 Å².